The van der Waals surface area contributed by atoms with Gasteiger partial charge in [-0.1, -0.05) is 25.1 Å². The topological polar surface area (TPSA) is 100 Å². The van der Waals surface area contributed by atoms with E-state index in [9.17, 15) is 14.4 Å². The third-order valence-corrected chi connectivity index (χ3v) is 4.26. The Hall–Kier alpha value is -1.77. The molecule has 2 N–H and O–H groups in total. The SMILES string of the molecule is CCCCn1c(SCC(=O)N(CC)CC(=O)NC(C)C)n[nH]c1=O. The summed E-state index contributed by atoms with van der Waals surface area (Å²) in [4.78, 5) is 37.3. The maximum absolute atomic E-state index is 12.3. The van der Waals surface area contributed by atoms with Crippen molar-refractivity contribution in [2.24, 2.45) is 0 Å². The molecule has 0 spiro atoms. The van der Waals surface area contributed by atoms with Gasteiger partial charge >= 0.3 is 5.69 Å². The molecule has 9 heteroatoms. The monoisotopic (exact) mass is 357 g/mol. The van der Waals surface area contributed by atoms with E-state index in [0.717, 1.165) is 12.8 Å². The lowest BCUT2D eigenvalue weighted by molar-refractivity contribution is -0.134. The number of nitrogens with one attached hydrogen (secondary N) is 2. The van der Waals surface area contributed by atoms with Crippen LogP contribution in [-0.4, -0.2) is 56.4 Å². The van der Waals surface area contributed by atoms with Gasteiger partial charge in [0.25, 0.3) is 0 Å². The minimum Gasteiger partial charge on any atom is -0.352 e. The van der Waals surface area contributed by atoms with Crippen LogP contribution in [0.25, 0.3) is 0 Å². The number of likely N-dealkylation sites (N-methyl/N-ethyl adjacent to an activating group) is 1. The first kappa shape index (κ1) is 20.3. The van der Waals surface area contributed by atoms with E-state index in [-0.39, 0.29) is 35.8 Å². The summed E-state index contributed by atoms with van der Waals surface area (Å²) < 4.78 is 1.54. The van der Waals surface area contributed by atoms with Crippen molar-refractivity contribution < 1.29 is 9.59 Å². The van der Waals surface area contributed by atoms with Crippen LogP contribution >= 0.6 is 11.8 Å². The predicted molar refractivity (Wildman–Crippen MR) is 94.0 cm³/mol. The van der Waals surface area contributed by atoms with Gasteiger partial charge in [-0.3, -0.25) is 14.2 Å². The molecule has 0 aliphatic carbocycles. The second kappa shape index (κ2) is 10.2. The maximum Gasteiger partial charge on any atom is 0.343 e. The third-order valence-electron chi connectivity index (χ3n) is 3.30. The molecule has 8 nitrogen and oxygen atoms in total. The van der Waals surface area contributed by atoms with Crippen LogP contribution in [0.15, 0.2) is 9.95 Å². The summed E-state index contributed by atoms with van der Waals surface area (Å²) >= 11 is 1.21. The molecule has 1 rings (SSSR count). The fourth-order valence-corrected chi connectivity index (χ4v) is 2.94. The Morgan fingerprint density at radius 3 is 2.67 bits per heavy atom. The second-order valence-electron chi connectivity index (χ2n) is 5.74. The first-order valence-corrected chi connectivity index (χ1v) is 9.22. The van der Waals surface area contributed by atoms with Gasteiger partial charge in [0.05, 0.1) is 12.3 Å². The third kappa shape index (κ3) is 6.38. The fraction of sp³-hybridized carbons (Fsp3) is 0.733. The number of H-pyrrole nitrogens is 1. The molecule has 0 bridgehead atoms. The molecule has 136 valence electrons. The highest BCUT2D eigenvalue weighted by atomic mass is 32.2. The lowest BCUT2D eigenvalue weighted by atomic mass is 10.3. The first-order valence-electron chi connectivity index (χ1n) is 8.24. The Morgan fingerprint density at radius 2 is 2.08 bits per heavy atom. The first-order chi connectivity index (χ1) is 11.4. The average molecular weight is 357 g/mol. The van der Waals surface area contributed by atoms with Gasteiger partial charge in [0.1, 0.15) is 0 Å². The molecule has 0 atom stereocenters. The molecular weight excluding hydrogens is 330 g/mol. The van der Waals surface area contributed by atoms with Crippen molar-refractivity contribution in [2.75, 3.05) is 18.8 Å². The zero-order valence-electron chi connectivity index (χ0n) is 14.8. The minimum atomic E-state index is -0.262. The molecule has 0 fully saturated rings. The maximum atomic E-state index is 12.3. The van der Waals surface area contributed by atoms with E-state index in [1.807, 2.05) is 27.7 Å². The molecule has 0 aliphatic heterocycles. The van der Waals surface area contributed by atoms with E-state index in [4.69, 9.17) is 0 Å². The number of rotatable bonds is 10. The number of hydrogen-bond donors (Lipinski definition) is 2. The van der Waals surface area contributed by atoms with Crippen molar-refractivity contribution >= 4 is 23.6 Å². The Labute approximate surface area is 146 Å². The van der Waals surface area contributed by atoms with Crippen LogP contribution in [0.5, 0.6) is 0 Å². The van der Waals surface area contributed by atoms with Crippen molar-refractivity contribution in [3.8, 4) is 0 Å². The summed E-state index contributed by atoms with van der Waals surface area (Å²) in [6.07, 6.45) is 1.84. The number of amides is 2. The number of nitrogens with zero attached hydrogens (tertiary/aromatic N) is 3. The molecule has 0 saturated heterocycles. The normalized spacial score (nSPS) is 10.9. The number of thioether (sulfide) groups is 1. The van der Waals surface area contributed by atoms with Gasteiger partial charge in [-0.15, -0.1) is 5.10 Å². The highest BCUT2D eigenvalue weighted by Gasteiger charge is 2.18. The minimum absolute atomic E-state index is 0.0390. The van der Waals surface area contributed by atoms with Gasteiger partial charge in [-0.05, 0) is 27.2 Å². The molecule has 24 heavy (non-hydrogen) atoms. The molecule has 1 aromatic rings. The van der Waals surface area contributed by atoms with E-state index in [1.165, 1.54) is 16.7 Å². The van der Waals surface area contributed by atoms with Crippen LogP contribution in [0.4, 0.5) is 0 Å². The lowest BCUT2D eigenvalue weighted by Gasteiger charge is -2.20. The quantitative estimate of drug-likeness (QED) is 0.604. The molecule has 1 aromatic heterocycles. The van der Waals surface area contributed by atoms with Gasteiger partial charge in [0.2, 0.25) is 11.8 Å². The summed E-state index contributed by atoms with van der Waals surface area (Å²) in [5.74, 6) is -0.192. The second-order valence-corrected chi connectivity index (χ2v) is 6.68. The molecule has 0 aliphatic rings. The molecule has 2 amide bonds. The van der Waals surface area contributed by atoms with Gasteiger partial charge in [-0.25, -0.2) is 9.89 Å². The molecule has 0 radical (unpaired) electrons. The number of unbranched alkanes of at least 4 members (excludes halogenated alkanes) is 1. The van der Waals surface area contributed by atoms with Gasteiger partial charge in [0.15, 0.2) is 5.16 Å². The van der Waals surface area contributed by atoms with Crippen LogP contribution in [0, 0.1) is 0 Å². The summed E-state index contributed by atoms with van der Waals surface area (Å²) in [5, 5.41) is 9.65. The molecular formula is C15H27N5O3S. The van der Waals surface area contributed by atoms with E-state index in [2.05, 4.69) is 15.5 Å². The predicted octanol–water partition coefficient (Wildman–Crippen LogP) is 0.837. The number of carbonyl (C=O) groups excluding carboxylic acids is 2. The van der Waals surface area contributed by atoms with E-state index >= 15 is 0 Å². The van der Waals surface area contributed by atoms with E-state index in [1.54, 1.807) is 4.57 Å². The summed E-state index contributed by atoms with van der Waals surface area (Å²) in [5.41, 5.74) is -0.262. The number of hydrogen-bond acceptors (Lipinski definition) is 5. The number of carbonyl (C=O) groups is 2. The zero-order valence-corrected chi connectivity index (χ0v) is 15.6. The van der Waals surface area contributed by atoms with E-state index < -0.39 is 0 Å². The zero-order chi connectivity index (χ0) is 18.1. The van der Waals surface area contributed by atoms with Gasteiger partial charge < -0.3 is 10.2 Å². The average Bonchev–Trinajstić information content (AvgIpc) is 2.87. The fourth-order valence-electron chi connectivity index (χ4n) is 2.06. The van der Waals surface area contributed by atoms with Crippen LogP contribution in [0.3, 0.4) is 0 Å². The smallest absolute Gasteiger partial charge is 0.343 e. The Morgan fingerprint density at radius 1 is 1.38 bits per heavy atom. The van der Waals surface area contributed by atoms with E-state index in [0.29, 0.717) is 18.2 Å². The van der Waals surface area contributed by atoms with Crippen LogP contribution in [0.1, 0.15) is 40.5 Å². The van der Waals surface area contributed by atoms with Crippen molar-refractivity contribution in [3.05, 3.63) is 10.5 Å². The Balaban J connectivity index is 2.60. The summed E-state index contributed by atoms with van der Waals surface area (Å²) in [6, 6.07) is 0.0396. The molecule has 0 aromatic carbocycles. The van der Waals surface area contributed by atoms with Crippen LogP contribution in [0.2, 0.25) is 0 Å². The lowest BCUT2D eigenvalue weighted by Crippen LogP contribution is -2.43. The highest BCUT2D eigenvalue weighted by Crippen LogP contribution is 2.14. The molecule has 1 heterocycles. The summed E-state index contributed by atoms with van der Waals surface area (Å²) in [6.45, 7) is 8.69. The largest absolute Gasteiger partial charge is 0.352 e. The van der Waals surface area contributed by atoms with Crippen molar-refractivity contribution in [3.63, 3.8) is 0 Å². The molecule has 0 unspecified atom stereocenters. The Kier molecular flexibility index (Phi) is 8.59. The van der Waals surface area contributed by atoms with Crippen molar-refractivity contribution in [1.29, 1.82) is 0 Å². The van der Waals surface area contributed by atoms with Crippen molar-refractivity contribution in [2.45, 2.75) is 58.3 Å². The van der Waals surface area contributed by atoms with Crippen LogP contribution in [-0.2, 0) is 16.1 Å². The Bertz CT molecular complexity index is 596. The number of aromatic amines is 1. The number of aromatic nitrogens is 3. The highest BCUT2D eigenvalue weighted by molar-refractivity contribution is 7.99. The molecule has 0 saturated carbocycles. The van der Waals surface area contributed by atoms with Gasteiger partial charge in [-0.2, -0.15) is 0 Å². The van der Waals surface area contributed by atoms with Gasteiger partial charge in [0, 0.05) is 19.1 Å². The van der Waals surface area contributed by atoms with Crippen molar-refractivity contribution in [1.82, 2.24) is 25.0 Å². The standard InChI is InChI=1S/C15H27N5O3S/c1-5-7-8-20-14(23)17-18-15(20)24-10-13(22)19(6-2)9-12(21)16-11(3)4/h11H,5-10H2,1-4H3,(H,16,21)(H,17,23). The summed E-state index contributed by atoms with van der Waals surface area (Å²) in [7, 11) is 0. The van der Waals surface area contributed by atoms with Crippen LogP contribution < -0.4 is 11.0 Å².